The van der Waals surface area contributed by atoms with E-state index >= 15 is 0 Å². The van der Waals surface area contributed by atoms with Gasteiger partial charge in [-0.25, -0.2) is 19.2 Å². The molecule has 2 aromatic rings. The van der Waals surface area contributed by atoms with Gasteiger partial charge in [0.15, 0.2) is 0 Å². The van der Waals surface area contributed by atoms with Gasteiger partial charge in [0.25, 0.3) is 0 Å². The van der Waals surface area contributed by atoms with Gasteiger partial charge in [-0.1, -0.05) is 0 Å². The predicted molar refractivity (Wildman–Crippen MR) is 125 cm³/mol. The van der Waals surface area contributed by atoms with Crippen molar-refractivity contribution >= 4 is 41.0 Å². The molecule has 0 spiro atoms. The molecule has 9 nitrogen and oxygen atoms in total. The van der Waals surface area contributed by atoms with Crippen LogP contribution in [0.1, 0.15) is 18.3 Å². The van der Waals surface area contributed by atoms with Crippen molar-refractivity contribution in [2.24, 2.45) is 4.99 Å². The molecule has 0 saturated carbocycles. The number of hydrogen-bond acceptors (Lipinski definition) is 5. The molecule has 0 bridgehead atoms. The quantitative estimate of drug-likeness (QED) is 0.411. The van der Waals surface area contributed by atoms with Gasteiger partial charge >= 0.3 is 6.09 Å². The Morgan fingerprint density at radius 2 is 1.69 bits per heavy atom. The van der Waals surface area contributed by atoms with Crippen LogP contribution < -0.4 is 10.6 Å². The smallest absolute Gasteiger partial charge is 0.409 e. The van der Waals surface area contributed by atoms with Crippen LogP contribution in [0.25, 0.3) is 0 Å². The van der Waals surface area contributed by atoms with Crippen molar-refractivity contribution in [1.82, 2.24) is 19.8 Å². The van der Waals surface area contributed by atoms with Gasteiger partial charge in [-0.15, -0.1) is 0 Å². The highest BCUT2D eigenvalue weighted by Gasteiger charge is 2.25. The first-order valence-corrected chi connectivity index (χ1v) is 10.7. The molecule has 0 unspecified atom stereocenters. The molecule has 2 heterocycles. The summed E-state index contributed by atoms with van der Waals surface area (Å²) < 4.78 is 18.2. The number of amides is 1. The lowest BCUT2D eigenvalue weighted by Gasteiger charge is -2.35. The maximum atomic E-state index is 13.2. The van der Waals surface area contributed by atoms with Crippen LogP contribution in [0.5, 0.6) is 0 Å². The molecule has 1 saturated heterocycles. The molecule has 1 aromatic heterocycles. The summed E-state index contributed by atoms with van der Waals surface area (Å²) in [4.78, 5) is 29.0. The lowest BCUT2D eigenvalue weighted by Crippen LogP contribution is -2.52. The molecule has 1 aliphatic heterocycles. The van der Waals surface area contributed by atoms with Crippen molar-refractivity contribution in [2.45, 2.75) is 20.8 Å². The maximum absolute atomic E-state index is 13.2. The van der Waals surface area contributed by atoms with Crippen LogP contribution in [-0.2, 0) is 4.74 Å². The van der Waals surface area contributed by atoms with E-state index in [2.05, 4.69) is 25.6 Å². The minimum Gasteiger partial charge on any atom is -0.450 e. The summed E-state index contributed by atoms with van der Waals surface area (Å²) in [5.41, 5.74) is 2.26. The molecule has 1 amide bonds. The van der Waals surface area contributed by atoms with Gasteiger partial charge < -0.3 is 19.9 Å². The van der Waals surface area contributed by atoms with Gasteiger partial charge in [-0.3, -0.25) is 5.32 Å². The summed E-state index contributed by atoms with van der Waals surface area (Å²) in [6.45, 7) is 7.88. The van der Waals surface area contributed by atoms with Gasteiger partial charge in [0.2, 0.25) is 17.0 Å². The number of guanidine groups is 1. The Morgan fingerprint density at radius 3 is 2.28 bits per heavy atom. The first kappa shape index (κ1) is 23.3. The second-order valence-electron chi connectivity index (χ2n) is 7.14. The van der Waals surface area contributed by atoms with E-state index in [1.807, 2.05) is 24.8 Å². The third-order valence-electron chi connectivity index (χ3n) is 4.61. The highest BCUT2D eigenvalue weighted by atomic mass is 32.1. The Balaban J connectivity index is 1.77. The van der Waals surface area contributed by atoms with E-state index < -0.39 is 0 Å². The Kier molecular flexibility index (Phi) is 7.87. The topological polar surface area (TPSA) is 95.0 Å². The summed E-state index contributed by atoms with van der Waals surface area (Å²) in [5, 5.41) is 6.32. The number of hydrogen-bond donors (Lipinski definition) is 2. The summed E-state index contributed by atoms with van der Waals surface area (Å²) >= 11 is 5.40. The Morgan fingerprint density at radius 1 is 1.09 bits per heavy atom. The SMILES string of the molecule is CCOC(=O)N1CCN(/C(=N\C(=S)Nc2ccc(F)cc2)Nc2nc(C)cc(C)n2)CC1. The van der Waals surface area contributed by atoms with Crippen molar-refractivity contribution in [3.8, 4) is 0 Å². The number of aliphatic imine (C=N–C) groups is 1. The monoisotopic (exact) mass is 459 g/mol. The average Bonchev–Trinajstić information content (AvgIpc) is 2.74. The van der Waals surface area contributed by atoms with Gasteiger partial charge in [-0.05, 0) is 63.3 Å². The number of ether oxygens (including phenoxy) is 1. The van der Waals surface area contributed by atoms with Crippen molar-refractivity contribution in [1.29, 1.82) is 0 Å². The number of nitrogens with one attached hydrogen (secondary N) is 2. The van der Waals surface area contributed by atoms with Gasteiger partial charge in [-0.2, -0.15) is 4.99 Å². The highest BCUT2D eigenvalue weighted by Crippen LogP contribution is 2.11. The minimum atomic E-state index is -0.334. The largest absolute Gasteiger partial charge is 0.450 e. The van der Waals surface area contributed by atoms with Gasteiger partial charge in [0.1, 0.15) is 5.82 Å². The fourth-order valence-corrected chi connectivity index (χ4v) is 3.36. The van der Waals surface area contributed by atoms with Crippen LogP contribution in [-0.4, -0.2) is 69.7 Å². The third-order valence-corrected chi connectivity index (χ3v) is 4.81. The van der Waals surface area contributed by atoms with Crippen molar-refractivity contribution in [3.63, 3.8) is 0 Å². The molecule has 1 fully saturated rings. The zero-order valence-electron chi connectivity index (χ0n) is 18.3. The molecule has 0 radical (unpaired) electrons. The van der Waals surface area contributed by atoms with E-state index in [1.165, 1.54) is 12.1 Å². The first-order chi connectivity index (χ1) is 15.3. The zero-order chi connectivity index (χ0) is 23.1. The molecular formula is C21H26FN7O2S. The minimum absolute atomic E-state index is 0.191. The van der Waals surface area contributed by atoms with Crippen LogP contribution in [0.3, 0.4) is 0 Å². The van der Waals surface area contributed by atoms with E-state index in [9.17, 15) is 9.18 Å². The lowest BCUT2D eigenvalue weighted by atomic mass is 10.3. The normalized spacial score (nSPS) is 14.2. The standard InChI is InChI=1S/C21H26FN7O2S/c1-4-31-21(30)29-11-9-28(10-12-29)19(26-18-23-14(2)13-15(3)24-18)27-20(32)25-17-7-5-16(22)6-8-17/h5-8,13H,4,9-12H2,1-3H3,(H2,23,24,25,26,27,32). The maximum Gasteiger partial charge on any atom is 0.409 e. The van der Waals surface area contributed by atoms with Gasteiger partial charge in [0, 0.05) is 43.3 Å². The van der Waals surface area contributed by atoms with E-state index in [-0.39, 0.29) is 17.0 Å². The number of thiocarbonyl (C=S) groups is 1. The predicted octanol–water partition coefficient (Wildman–Crippen LogP) is 3.17. The number of aromatic nitrogens is 2. The first-order valence-electron chi connectivity index (χ1n) is 10.2. The van der Waals surface area contributed by atoms with Crippen LogP contribution in [0.15, 0.2) is 35.3 Å². The summed E-state index contributed by atoms with van der Waals surface area (Å²) in [6.07, 6.45) is -0.329. The molecule has 3 rings (SSSR count). The third kappa shape index (κ3) is 6.58. The Bertz CT molecular complexity index is 972. The number of piperazine rings is 1. The van der Waals surface area contributed by atoms with E-state index in [4.69, 9.17) is 17.0 Å². The number of anilines is 2. The number of carbonyl (C=O) groups is 1. The molecule has 11 heteroatoms. The van der Waals surface area contributed by atoms with E-state index in [0.29, 0.717) is 50.4 Å². The summed E-state index contributed by atoms with van der Waals surface area (Å²) in [6, 6.07) is 7.71. The van der Waals surface area contributed by atoms with E-state index in [1.54, 1.807) is 24.0 Å². The van der Waals surface area contributed by atoms with Gasteiger partial charge in [0.05, 0.1) is 6.61 Å². The van der Waals surface area contributed by atoms with Crippen LogP contribution in [0, 0.1) is 19.7 Å². The fraction of sp³-hybridized carbons (Fsp3) is 0.381. The highest BCUT2D eigenvalue weighted by molar-refractivity contribution is 7.80. The molecule has 170 valence electrons. The average molecular weight is 460 g/mol. The molecule has 32 heavy (non-hydrogen) atoms. The lowest BCUT2D eigenvalue weighted by molar-refractivity contribution is 0.0920. The van der Waals surface area contributed by atoms with Crippen molar-refractivity contribution in [3.05, 3.63) is 47.5 Å². The number of nitrogens with zero attached hydrogens (tertiary/aromatic N) is 5. The number of carbonyl (C=O) groups excluding carboxylic acids is 1. The Hall–Kier alpha value is -3.34. The second-order valence-corrected chi connectivity index (χ2v) is 7.53. The summed E-state index contributed by atoms with van der Waals surface area (Å²) in [7, 11) is 0. The molecule has 0 atom stereocenters. The molecule has 1 aliphatic rings. The Labute approximate surface area is 191 Å². The van der Waals surface area contributed by atoms with Crippen LogP contribution >= 0.6 is 12.2 Å². The molecule has 0 aliphatic carbocycles. The molecule has 2 N–H and O–H groups in total. The van der Waals surface area contributed by atoms with E-state index in [0.717, 1.165) is 11.4 Å². The van der Waals surface area contributed by atoms with Crippen LogP contribution in [0.4, 0.5) is 20.8 Å². The van der Waals surface area contributed by atoms with Crippen LogP contribution in [0.2, 0.25) is 0 Å². The summed E-state index contributed by atoms with van der Waals surface area (Å²) in [5.74, 6) is 0.524. The number of rotatable bonds is 3. The van der Waals surface area contributed by atoms with Crippen molar-refractivity contribution < 1.29 is 13.9 Å². The second kappa shape index (κ2) is 10.8. The number of aryl methyl sites for hydroxylation is 2. The molecular weight excluding hydrogens is 433 g/mol. The number of halogens is 1. The number of benzene rings is 1. The zero-order valence-corrected chi connectivity index (χ0v) is 19.1. The fourth-order valence-electron chi connectivity index (χ4n) is 3.16. The van der Waals surface area contributed by atoms with Crippen molar-refractivity contribution in [2.75, 3.05) is 43.4 Å². The molecule has 1 aromatic carbocycles.